The number of halogens is 2. The van der Waals surface area contributed by atoms with E-state index in [9.17, 15) is 4.79 Å². The minimum Gasteiger partial charge on any atom is -0.341 e. The maximum atomic E-state index is 12.1. The molecule has 0 amide bonds. The molecule has 3 nitrogen and oxygen atoms in total. The van der Waals surface area contributed by atoms with Gasteiger partial charge in [0.15, 0.2) is 5.78 Å². The number of rotatable bonds is 5. The Morgan fingerprint density at radius 2 is 1.95 bits per heavy atom. The van der Waals surface area contributed by atoms with Gasteiger partial charge in [-0.2, -0.15) is 0 Å². The molecule has 1 aromatic heterocycles. The predicted octanol–water partition coefficient (Wildman–Crippen LogP) is 4.99. The number of Topliss-reactive ketones (excluding diaryl/α,β-unsaturated/α-hetero) is 1. The Bertz CT molecular complexity index is 799. The maximum absolute atomic E-state index is 12.1. The number of ketones is 1. The van der Waals surface area contributed by atoms with Crippen LogP contribution in [-0.4, -0.2) is 21.5 Å². The third-order valence-corrected chi connectivity index (χ3v) is 4.83. The van der Waals surface area contributed by atoms with E-state index in [2.05, 4.69) is 9.97 Å². The van der Waals surface area contributed by atoms with Crippen LogP contribution in [0.2, 0.25) is 10.0 Å². The van der Waals surface area contributed by atoms with Crippen molar-refractivity contribution in [3.05, 3.63) is 63.9 Å². The van der Waals surface area contributed by atoms with Crippen LogP contribution in [0, 0.1) is 0 Å². The van der Waals surface area contributed by atoms with E-state index >= 15 is 0 Å². The molecule has 0 radical (unpaired) electrons. The topological polar surface area (TPSA) is 45.8 Å². The van der Waals surface area contributed by atoms with Gasteiger partial charge in [0.2, 0.25) is 0 Å². The monoisotopic (exact) mass is 350 g/mol. The molecule has 0 unspecified atom stereocenters. The Kier molecular flexibility index (Phi) is 4.71. The number of carbonyl (C=O) groups excluding carboxylic acids is 1. The summed E-state index contributed by atoms with van der Waals surface area (Å²) in [6, 6.07) is 12.8. The average Bonchev–Trinajstić information content (AvgIpc) is 2.92. The van der Waals surface area contributed by atoms with Crippen LogP contribution < -0.4 is 0 Å². The first-order valence-electron chi connectivity index (χ1n) is 6.63. The summed E-state index contributed by atoms with van der Waals surface area (Å²) in [5, 5.41) is 0.850. The van der Waals surface area contributed by atoms with Crippen LogP contribution in [0.1, 0.15) is 16.2 Å². The van der Waals surface area contributed by atoms with Crippen molar-refractivity contribution in [3.63, 3.8) is 0 Å². The Labute approximate surface area is 142 Å². The molecular weight excluding hydrogens is 339 g/mol. The molecule has 0 saturated heterocycles. The average molecular weight is 351 g/mol. The van der Waals surface area contributed by atoms with Gasteiger partial charge in [0, 0.05) is 5.56 Å². The lowest BCUT2D eigenvalue weighted by Crippen LogP contribution is -2.03. The fourth-order valence-electron chi connectivity index (χ4n) is 2.07. The number of aromatic amines is 1. The van der Waals surface area contributed by atoms with Crippen LogP contribution in [0.3, 0.4) is 0 Å². The molecule has 6 heteroatoms. The van der Waals surface area contributed by atoms with Crippen molar-refractivity contribution >= 4 is 51.8 Å². The van der Waals surface area contributed by atoms with Crippen molar-refractivity contribution in [2.45, 2.75) is 5.75 Å². The molecule has 1 N–H and O–H groups in total. The summed E-state index contributed by atoms with van der Waals surface area (Å²) in [7, 11) is 0. The first kappa shape index (κ1) is 15.4. The number of nitrogens with one attached hydrogen (secondary N) is 1. The molecule has 112 valence electrons. The van der Waals surface area contributed by atoms with E-state index in [4.69, 9.17) is 23.2 Å². The number of thioether (sulfide) groups is 1. The van der Waals surface area contributed by atoms with Gasteiger partial charge in [0.05, 0.1) is 32.6 Å². The van der Waals surface area contributed by atoms with Gasteiger partial charge in [-0.15, -0.1) is 11.8 Å². The highest BCUT2D eigenvalue weighted by Gasteiger charge is 2.09. The molecule has 3 rings (SSSR count). The van der Waals surface area contributed by atoms with E-state index in [1.165, 1.54) is 11.8 Å². The van der Waals surface area contributed by atoms with E-state index in [-0.39, 0.29) is 5.78 Å². The third-order valence-electron chi connectivity index (χ3n) is 3.15. The number of aromatic nitrogens is 2. The van der Waals surface area contributed by atoms with Crippen molar-refractivity contribution in [3.8, 4) is 0 Å². The van der Waals surface area contributed by atoms with Crippen molar-refractivity contribution in [1.29, 1.82) is 0 Å². The van der Waals surface area contributed by atoms with Gasteiger partial charge in [-0.1, -0.05) is 35.3 Å². The fraction of sp³-hybridized carbons (Fsp3) is 0.125. The van der Waals surface area contributed by atoms with E-state index < -0.39 is 0 Å². The van der Waals surface area contributed by atoms with Crippen LogP contribution in [-0.2, 0) is 5.75 Å². The summed E-state index contributed by atoms with van der Waals surface area (Å²) in [5.41, 5.74) is 2.52. The van der Waals surface area contributed by atoms with Gasteiger partial charge < -0.3 is 4.98 Å². The SMILES string of the molecule is O=C(CSCc1nc2ccccc2[nH]1)c1ccc(Cl)c(Cl)c1. The lowest BCUT2D eigenvalue weighted by molar-refractivity contribution is 0.102. The Morgan fingerprint density at radius 1 is 1.14 bits per heavy atom. The van der Waals surface area contributed by atoms with Crippen molar-refractivity contribution in [1.82, 2.24) is 9.97 Å². The molecule has 0 aliphatic rings. The highest BCUT2D eigenvalue weighted by Crippen LogP contribution is 2.23. The number of H-pyrrole nitrogens is 1. The Hall–Kier alpha value is -1.49. The van der Waals surface area contributed by atoms with Crippen LogP contribution in [0.15, 0.2) is 42.5 Å². The smallest absolute Gasteiger partial charge is 0.172 e. The zero-order valence-electron chi connectivity index (χ0n) is 11.5. The zero-order chi connectivity index (χ0) is 15.5. The molecule has 22 heavy (non-hydrogen) atoms. The molecule has 0 bridgehead atoms. The number of nitrogens with zero attached hydrogens (tertiary/aromatic N) is 1. The highest BCUT2D eigenvalue weighted by molar-refractivity contribution is 7.99. The molecule has 3 aromatic rings. The molecule has 0 atom stereocenters. The van der Waals surface area contributed by atoms with E-state index in [1.54, 1.807) is 18.2 Å². The summed E-state index contributed by atoms with van der Waals surface area (Å²) < 4.78 is 0. The molecule has 0 spiro atoms. The summed E-state index contributed by atoms with van der Waals surface area (Å²) in [4.78, 5) is 19.8. The summed E-state index contributed by atoms with van der Waals surface area (Å²) in [5.74, 6) is 1.92. The van der Waals surface area contributed by atoms with Crippen molar-refractivity contribution in [2.75, 3.05) is 5.75 Å². The molecule has 1 heterocycles. The fourth-order valence-corrected chi connectivity index (χ4v) is 3.15. The second kappa shape index (κ2) is 6.73. The molecule has 0 aliphatic carbocycles. The summed E-state index contributed by atoms with van der Waals surface area (Å²) in [6.07, 6.45) is 0. The number of hydrogen-bond donors (Lipinski definition) is 1. The Balaban J connectivity index is 1.60. The molecular formula is C16H12Cl2N2OS. The van der Waals surface area contributed by atoms with E-state index in [0.29, 0.717) is 27.1 Å². The zero-order valence-corrected chi connectivity index (χ0v) is 13.8. The van der Waals surface area contributed by atoms with Gasteiger partial charge in [-0.3, -0.25) is 4.79 Å². The van der Waals surface area contributed by atoms with Crippen LogP contribution in [0.5, 0.6) is 0 Å². The number of fused-ring (bicyclic) bond motifs is 1. The number of hydrogen-bond acceptors (Lipinski definition) is 3. The first-order chi connectivity index (χ1) is 10.6. The van der Waals surface area contributed by atoms with E-state index in [0.717, 1.165) is 16.9 Å². The number of para-hydroxylation sites is 2. The van der Waals surface area contributed by atoms with Gasteiger partial charge in [-0.05, 0) is 30.3 Å². The quantitative estimate of drug-likeness (QED) is 0.659. The maximum Gasteiger partial charge on any atom is 0.172 e. The lowest BCUT2D eigenvalue weighted by atomic mass is 10.1. The van der Waals surface area contributed by atoms with Crippen LogP contribution in [0.4, 0.5) is 0 Å². The lowest BCUT2D eigenvalue weighted by Gasteiger charge is -2.02. The number of imidazole rings is 1. The van der Waals surface area contributed by atoms with Crippen LogP contribution in [0.25, 0.3) is 11.0 Å². The summed E-state index contributed by atoms with van der Waals surface area (Å²) in [6.45, 7) is 0. The molecule has 0 saturated carbocycles. The molecule has 0 fully saturated rings. The van der Waals surface area contributed by atoms with Gasteiger partial charge in [0.1, 0.15) is 5.82 Å². The molecule has 0 aliphatic heterocycles. The number of benzene rings is 2. The molecule has 2 aromatic carbocycles. The van der Waals surface area contributed by atoms with Crippen molar-refractivity contribution in [2.24, 2.45) is 0 Å². The van der Waals surface area contributed by atoms with Gasteiger partial charge >= 0.3 is 0 Å². The minimum atomic E-state index is 0.0275. The highest BCUT2D eigenvalue weighted by atomic mass is 35.5. The predicted molar refractivity (Wildman–Crippen MR) is 93.0 cm³/mol. The Morgan fingerprint density at radius 3 is 2.73 bits per heavy atom. The summed E-state index contributed by atoms with van der Waals surface area (Å²) >= 11 is 13.3. The third kappa shape index (κ3) is 3.46. The standard InChI is InChI=1S/C16H12Cl2N2OS/c17-11-6-5-10(7-12(11)18)15(21)8-22-9-16-19-13-3-1-2-4-14(13)20-16/h1-7H,8-9H2,(H,19,20). The first-order valence-corrected chi connectivity index (χ1v) is 8.54. The number of carbonyl (C=O) groups is 1. The van der Waals surface area contributed by atoms with Gasteiger partial charge in [0.25, 0.3) is 0 Å². The van der Waals surface area contributed by atoms with Crippen molar-refractivity contribution < 1.29 is 4.79 Å². The van der Waals surface area contributed by atoms with Crippen LogP contribution >= 0.6 is 35.0 Å². The second-order valence-electron chi connectivity index (χ2n) is 4.75. The van der Waals surface area contributed by atoms with Gasteiger partial charge in [-0.25, -0.2) is 4.98 Å². The van der Waals surface area contributed by atoms with E-state index in [1.807, 2.05) is 24.3 Å². The minimum absolute atomic E-state index is 0.0275. The normalized spacial score (nSPS) is 11.0. The second-order valence-corrected chi connectivity index (χ2v) is 6.55. The largest absolute Gasteiger partial charge is 0.341 e.